The molecule has 0 heterocycles. The molecule has 1 aliphatic rings. The molecule has 1 saturated carbocycles. The van der Waals surface area contributed by atoms with Crippen LogP contribution in [0.25, 0.3) is 0 Å². The first kappa shape index (κ1) is 8.06. The van der Waals surface area contributed by atoms with Crippen molar-refractivity contribution in [2.75, 3.05) is 13.6 Å². The molecule has 10 heavy (non-hydrogen) atoms. The zero-order chi connectivity index (χ0) is 7.40. The molecule has 1 atom stereocenters. The van der Waals surface area contributed by atoms with Crippen LogP contribution in [0.15, 0.2) is 0 Å². The van der Waals surface area contributed by atoms with Crippen LogP contribution in [0.2, 0.25) is 0 Å². The highest BCUT2D eigenvalue weighted by Gasteiger charge is 2.24. The molecule has 0 radical (unpaired) electrons. The summed E-state index contributed by atoms with van der Waals surface area (Å²) in [4.78, 5) is 0. The zero-order valence-electron chi connectivity index (χ0n) is 7.19. The summed E-state index contributed by atoms with van der Waals surface area (Å²) in [6, 6.07) is 0. The van der Waals surface area contributed by atoms with Gasteiger partial charge in [-0.15, -0.1) is 0 Å². The lowest BCUT2D eigenvalue weighted by molar-refractivity contribution is 0.198. The quantitative estimate of drug-likeness (QED) is 0.631. The highest BCUT2D eigenvalue weighted by molar-refractivity contribution is 4.77. The van der Waals surface area contributed by atoms with Gasteiger partial charge in [0.25, 0.3) is 0 Å². The van der Waals surface area contributed by atoms with Gasteiger partial charge in [-0.25, -0.2) is 0 Å². The maximum absolute atomic E-state index is 3.27. The molecule has 0 aliphatic heterocycles. The number of hydrogen-bond acceptors (Lipinski definition) is 1. The van der Waals surface area contributed by atoms with Gasteiger partial charge in [0.1, 0.15) is 0 Å². The Morgan fingerprint density at radius 1 is 1.50 bits per heavy atom. The summed E-state index contributed by atoms with van der Waals surface area (Å²) in [5.41, 5.74) is 0. The van der Waals surface area contributed by atoms with Crippen molar-refractivity contribution in [3.05, 3.63) is 0 Å². The summed E-state index contributed by atoms with van der Waals surface area (Å²) in [6.07, 6.45) is 5.80. The van der Waals surface area contributed by atoms with E-state index in [1.54, 1.807) is 0 Å². The van der Waals surface area contributed by atoms with E-state index in [9.17, 15) is 0 Å². The standard InChI is InChI=1S/C9H19N/c1-3-8(7-10-2)9-5-4-6-9/h8-10H,3-7H2,1-2H3. The van der Waals surface area contributed by atoms with Crippen molar-refractivity contribution in [1.82, 2.24) is 5.32 Å². The van der Waals surface area contributed by atoms with E-state index in [-0.39, 0.29) is 0 Å². The molecule has 0 amide bonds. The minimum absolute atomic E-state index is 0.957. The number of rotatable bonds is 4. The van der Waals surface area contributed by atoms with E-state index < -0.39 is 0 Å². The maximum Gasteiger partial charge on any atom is -0.00210 e. The van der Waals surface area contributed by atoms with E-state index in [1.807, 2.05) is 0 Å². The van der Waals surface area contributed by atoms with Gasteiger partial charge < -0.3 is 5.32 Å². The maximum atomic E-state index is 3.27. The summed E-state index contributed by atoms with van der Waals surface area (Å²) in [5.74, 6) is 2.01. The van der Waals surface area contributed by atoms with Crippen molar-refractivity contribution >= 4 is 0 Å². The molecule has 1 rings (SSSR count). The van der Waals surface area contributed by atoms with E-state index in [2.05, 4.69) is 19.3 Å². The molecule has 1 nitrogen and oxygen atoms in total. The highest BCUT2D eigenvalue weighted by atomic mass is 14.8. The molecule has 1 aliphatic carbocycles. The van der Waals surface area contributed by atoms with Gasteiger partial charge >= 0.3 is 0 Å². The lowest BCUT2D eigenvalue weighted by Gasteiger charge is -2.33. The van der Waals surface area contributed by atoms with Crippen LogP contribution >= 0.6 is 0 Å². The van der Waals surface area contributed by atoms with Gasteiger partial charge in [-0.2, -0.15) is 0 Å². The Morgan fingerprint density at radius 2 is 2.20 bits per heavy atom. The highest BCUT2D eigenvalue weighted by Crippen LogP contribution is 2.34. The van der Waals surface area contributed by atoms with Crippen molar-refractivity contribution in [1.29, 1.82) is 0 Å². The third-order valence-electron chi connectivity index (χ3n) is 2.81. The molecule has 0 bridgehead atoms. The van der Waals surface area contributed by atoms with Crippen LogP contribution in [0.5, 0.6) is 0 Å². The molecule has 60 valence electrons. The molecule has 1 heteroatoms. The van der Waals surface area contributed by atoms with Crippen LogP contribution in [0.1, 0.15) is 32.6 Å². The SMILES string of the molecule is CCC(CNC)C1CCC1. The van der Waals surface area contributed by atoms with Gasteiger partial charge in [-0.3, -0.25) is 0 Å². The Labute approximate surface area is 64.2 Å². The van der Waals surface area contributed by atoms with Crippen molar-refractivity contribution < 1.29 is 0 Å². The summed E-state index contributed by atoms with van der Waals surface area (Å²) in [6.45, 7) is 3.53. The monoisotopic (exact) mass is 141 g/mol. The molecule has 0 saturated heterocycles. The first-order valence-corrected chi connectivity index (χ1v) is 4.53. The number of hydrogen-bond donors (Lipinski definition) is 1. The first-order chi connectivity index (χ1) is 4.88. The fourth-order valence-corrected chi connectivity index (χ4v) is 1.82. The molecule has 1 N–H and O–H groups in total. The van der Waals surface area contributed by atoms with Gasteiger partial charge in [0.2, 0.25) is 0 Å². The summed E-state index contributed by atoms with van der Waals surface area (Å²) in [5, 5.41) is 3.27. The number of nitrogens with one attached hydrogen (secondary N) is 1. The van der Waals surface area contributed by atoms with Gasteiger partial charge in [-0.1, -0.05) is 32.6 Å². The Kier molecular flexibility index (Phi) is 3.20. The third kappa shape index (κ3) is 1.72. The Balaban J connectivity index is 2.17. The second-order valence-electron chi connectivity index (χ2n) is 3.42. The van der Waals surface area contributed by atoms with Crippen LogP contribution in [-0.2, 0) is 0 Å². The van der Waals surface area contributed by atoms with E-state index in [0.29, 0.717) is 0 Å². The lowest BCUT2D eigenvalue weighted by Crippen LogP contribution is -2.29. The summed E-state index contributed by atoms with van der Waals surface area (Å²) in [7, 11) is 2.06. The molecular formula is C9H19N. The lowest BCUT2D eigenvalue weighted by atomic mass is 9.75. The molecule has 1 fully saturated rings. The van der Waals surface area contributed by atoms with Crippen molar-refractivity contribution in [2.45, 2.75) is 32.6 Å². The average molecular weight is 141 g/mol. The Hall–Kier alpha value is -0.0400. The fraction of sp³-hybridized carbons (Fsp3) is 1.00. The predicted octanol–water partition coefficient (Wildman–Crippen LogP) is 2.03. The van der Waals surface area contributed by atoms with Crippen LogP contribution < -0.4 is 5.32 Å². The van der Waals surface area contributed by atoms with Crippen molar-refractivity contribution in [3.8, 4) is 0 Å². The minimum Gasteiger partial charge on any atom is -0.319 e. The zero-order valence-corrected chi connectivity index (χ0v) is 7.19. The van der Waals surface area contributed by atoms with E-state index in [0.717, 1.165) is 11.8 Å². The van der Waals surface area contributed by atoms with Crippen LogP contribution in [0, 0.1) is 11.8 Å². The van der Waals surface area contributed by atoms with Gasteiger partial charge in [-0.05, 0) is 25.4 Å². The third-order valence-corrected chi connectivity index (χ3v) is 2.81. The molecule has 0 aromatic rings. The molecule has 0 spiro atoms. The van der Waals surface area contributed by atoms with Gasteiger partial charge in [0.15, 0.2) is 0 Å². The average Bonchev–Trinajstić information content (AvgIpc) is 1.83. The topological polar surface area (TPSA) is 12.0 Å². The largest absolute Gasteiger partial charge is 0.319 e. The van der Waals surface area contributed by atoms with Crippen molar-refractivity contribution in [2.24, 2.45) is 11.8 Å². The van der Waals surface area contributed by atoms with Gasteiger partial charge in [0.05, 0.1) is 0 Å². The Morgan fingerprint density at radius 3 is 2.50 bits per heavy atom. The van der Waals surface area contributed by atoms with Crippen LogP contribution in [0.3, 0.4) is 0 Å². The van der Waals surface area contributed by atoms with E-state index >= 15 is 0 Å². The first-order valence-electron chi connectivity index (χ1n) is 4.53. The summed E-state index contributed by atoms with van der Waals surface area (Å²) >= 11 is 0. The van der Waals surface area contributed by atoms with Crippen LogP contribution in [0.4, 0.5) is 0 Å². The van der Waals surface area contributed by atoms with E-state index in [1.165, 1.54) is 32.2 Å². The second-order valence-corrected chi connectivity index (χ2v) is 3.42. The smallest absolute Gasteiger partial charge is 0.00210 e. The predicted molar refractivity (Wildman–Crippen MR) is 45.0 cm³/mol. The fourth-order valence-electron chi connectivity index (χ4n) is 1.82. The molecule has 1 unspecified atom stereocenters. The van der Waals surface area contributed by atoms with Crippen LogP contribution in [-0.4, -0.2) is 13.6 Å². The molecule has 0 aromatic heterocycles. The second kappa shape index (κ2) is 3.97. The normalized spacial score (nSPS) is 22.2. The van der Waals surface area contributed by atoms with Crippen molar-refractivity contribution in [3.63, 3.8) is 0 Å². The minimum atomic E-state index is 0.957. The molecule has 0 aromatic carbocycles. The van der Waals surface area contributed by atoms with E-state index in [4.69, 9.17) is 0 Å². The van der Waals surface area contributed by atoms with Gasteiger partial charge in [0, 0.05) is 0 Å². The molecular weight excluding hydrogens is 122 g/mol. The summed E-state index contributed by atoms with van der Waals surface area (Å²) < 4.78 is 0. The Bertz CT molecular complexity index is 86.7.